The summed E-state index contributed by atoms with van der Waals surface area (Å²) in [6.45, 7) is 3.65. The van der Waals surface area contributed by atoms with E-state index in [-0.39, 0.29) is 11.7 Å². The van der Waals surface area contributed by atoms with E-state index in [9.17, 15) is 9.90 Å². The minimum Gasteiger partial charge on any atom is -0.508 e. The quantitative estimate of drug-likeness (QED) is 0.765. The van der Waals surface area contributed by atoms with Crippen LogP contribution in [0.4, 0.5) is 0 Å². The van der Waals surface area contributed by atoms with Gasteiger partial charge in [-0.15, -0.1) is 0 Å². The van der Waals surface area contributed by atoms with Crippen molar-refractivity contribution < 1.29 is 9.90 Å². The van der Waals surface area contributed by atoms with Gasteiger partial charge in [0.2, 0.25) is 0 Å². The lowest BCUT2D eigenvalue weighted by atomic mass is 10.1. The molecule has 0 bridgehead atoms. The molecule has 0 saturated carbocycles. The highest BCUT2D eigenvalue weighted by Gasteiger charge is 2.20. The number of hydrogen-bond donors (Lipinski definition) is 3. The number of fused-ring (bicyclic) bond motifs is 1. The van der Waals surface area contributed by atoms with Crippen molar-refractivity contribution in [2.24, 2.45) is 5.92 Å². The highest BCUT2D eigenvalue weighted by molar-refractivity contribution is 5.94. The maximum atomic E-state index is 12.1. The summed E-state index contributed by atoms with van der Waals surface area (Å²) in [5.74, 6) is 0.423. The molecule has 24 heavy (non-hydrogen) atoms. The second-order valence-corrected chi connectivity index (χ2v) is 6.64. The van der Waals surface area contributed by atoms with Crippen molar-refractivity contribution >= 4 is 5.91 Å². The predicted octanol–water partition coefficient (Wildman–Crippen LogP) is 2.52. The number of amides is 1. The second kappa shape index (κ2) is 7.49. The van der Waals surface area contributed by atoms with Gasteiger partial charge in [-0.3, -0.25) is 4.79 Å². The summed E-state index contributed by atoms with van der Waals surface area (Å²) >= 11 is 0. The number of phenolic OH excluding ortho intramolecular Hbond substituents is 1. The molecule has 0 radical (unpaired) electrons. The van der Waals surface area contributed by atoms with Crippen LogP contribution in [0, 0.1) is 5.92 Å². The van der Waals surface area contributed by atoms with Gasteiger partial charge in [-0.2, -0.15) is 0 Å². The van der Waals surface area contributed by atoms with E-state index in [0.717, 1.165) is 19.4 Å². The monoisotopic (exact) mass is 324 g/mol. The first-order valence-corrected chi connectivity index (χ1v) is 8.49. The van der Waals surface area contributed by atoms with Crippen molar-refractivity contribution in [2.75, 3.05) is 13.1 Å². The van der Waals surface area contributed by atoms with Crippen LogP contribution in [0.15, 0.2) is 48.5 Å². The van der Waals surface area contributed by atoms with E-state index >= 15 is 0 Å². The van der Waals surface area contributed by atoms with Crippen molar-refractivity contribution in [2.45, 2.75) is 25.8 Å². The van der Waals surface area contributed by atoms with Gasteiger partial charge in [0.25, 0.3) is 5.91 Å². The molecule has 0 aliphatic heterocycles. The van der Waals surface area contributed by atoms with Crippen LogP contribution < -0.4 is 10.6 Å². The highest BCUT2D eigenvalue weighted by atomic mass is 16.3. The smallest absolute Gasteiger partial charge is 0.251 e. The molecule has 1 atom stereocenters. The summed E-state index contributed by atoms with van der Waals surface area (Å²) in [7, 11) is 0. The van der Waals surface area contributed by atoms with E-state index < -0.39 is 0 Å². The molecule has 3 rings (SSSR count). The van der Waals surface area contributed by atoms with Crippen LogP contribution in [0.3, 0.4) is 0 Å². The van der Waals surface area contributed by atoms with Gasteiger partial charge >= 0.3 is 0 Å². The van der Waals surface area contributed by atoms with Gasteiger partial charge in [0, 0.05) is 18.2 Å². The zero-order chi connectivity index (χ0) is 16.9. The molecule has 2 aromatic rings. The minimum atomic E-state index is -0.102. The molecule has 1 unspecified atom stereocenters. The number of aromatic hydroxyl groups is 1. The van der Waals surface area contributed by atoms with E-state index in [4.69, 9.17) is 0 Å². The van der Waals surface area contributed by atoms with E-state index in [0.29, 0.717) is 24.1 Å². The Morgan fingerprint density at radius 1 is 1.08 bits per heavy atom. The molecule has 0 saturated heterocycles. The van der Waals surface area contributed by atoms with Gasteiger partial charge in [0.15, 0.2) is 0 Å². The molecular weight excluding hydrogens is 300 g/mol. The van der Waals surface area contributed by atoms with E-state index in [1.165, 1.54) is 23.3 Å². The Bertz CT molecular complexity index is 672. The van der Waals surface area contributed by atoms with Crippen LogP contribution >= 0.6 is 0 Å². The molecule has 126 valence electrons. The lowest BCUT2D eigenvalue weighted by molar-refractivity contribution is 0.0948. The maximum absolute atomic E-state index is 12.1. The Morgan fingerprint density at radius 2 is 1.71 bits per heavy atom. The van der Waals surface area contributed by atoms with E-state index in [1.54, 1.807) is 12.1 Å². The van der Waals surface area contributed by atoms with Gasteiger partial charge in [0.1, 0.15) is 5.75 Å². The molecule has 0 spiro atoms. The first-order valence-electron chi connectivity index (χ1n) is 8.49. The van der Waals surface area contributed by atoms with Crippen LogP contribution in [0.2, 0.25) is 0 Å². The Morgan fingerprint density at radius 3 is 2.33 bits per heavy atom. The first kappa shape index (κ1) is 16.5. The van der Waals surface area contributed by atoms with Gasteiger partial charge in [-0.25, -0.2) is 0 Å². The number of hydrogen-bond acceptors (Lipinski definition) is 3. The van der Waals surface area contributed by atoms with Crippen molar-refractivity contribution in [3.8, 4) is 5.75 Å². The van der Waals surface area contributed by atoms with Crippen molar-refractivity contribution in [1.29, 1.82) is 0 Å². The van der Waals surface area contributed by atoms with E-state index in [2.05, 4.69) is 41.8 Å². The third kappa shape index (κ3) is 4.15. The van der Waals surface area contributed by atoms with Gasteiger partial charge in [-0.05, 0) is 60.7 Å². The molecule has 4 nitrogen and oxygen atoms in total. The number of nitrogens with one attached hydrogen (secondary N) is 2. The standard InChI is InChI=1S/C20H24N2O2/c1-14(13-22-20(24)15-6-8-19(23)9-7-15)12-21-18-10-16-4-2-3-5-17(16)11-18/h2-9,14,18,21,23H,10-13H2,1H3,(H,22,24). The lowest BCUT2D eigenvalue weighted by Gasteiger charge is -2.17. The fourth-order valence-electron chi connectivity index (χ4n) is 3.13. The molecule has 1 amide bonds. The zero-order valence-electron chi connectivity index (χ0n) is 14.0. The normalized spacial score (nSPS) is 15.0. The Labute approximate surface area is 142 Å². The Balaban J connectivity index is 1.40. The van der Waals surface area contributed by atoms with Crippen LogP contribution in [0.5, 0.6) is 5.75 Å². The summed E-state index contributed by atoms with van der Waals surface area (Å²) in [6, 6.07) is 15.4. The molecule has 0 fully saturated rings. The number of carbonyl (C=O) groups excluding carboxylic acids is 1. The minimum absolute atomic E-state index is 0.102. The summed E-state index contributed by atoms with van der Waals surface area (Å²) in [5.41, 5.74) is 3.46. The number of benzene rings is 2. The largest absolute Gasteiger partial charge is 0.508 e. The molecule has 1 aliphatic carbocycles. The average molecular weight is 324 g/mol. The van der Waals surface area contributed by atoms with Gasteiger partial charge in [-0.1, -0.05) is 31.2 Å². The Kier molecular flexibility index (Phi) is 5.16. The van der Waals surface area contributed by atoms with Gasteiger partial charge in [0.05, 0.1) is 0 Å². The summed E-state index contributed by atoms with van der Waals surface area (Å²) in [6.07, 6.45) is 2.17. The summed E-state index contributed by atoms with van der Waals surface area (Å²) in [5, 5.41) is 15.8. The fourth-order valence-corrected chi connectivity index (χ4v) is 3.13. The SMILES string of the molecule is CC(CNC(=O)c1ccc(O)cc1)CNC1Cc2ccccc2C1. The number of carbonyl (C=O) groups is 1. The molecule has 0 heterocycles. The van der Waals surface area contributed by atoms with Crippen LogP contribution in [0.25, 0.3) is 0 Å². The summed E-state index contributed by atoms with van der Waals surface area (Å²) in [4.78, 5) is 12.1. The number of phenols is 1. The number of rotatable bonds is 6. The van der Waals surface area contributed by atoms with Gasteiger partial charge < -0.3 is 15.7 Å². The van der Waals surface area contributed by atoms with Crippen LogP contribution in [0.1, 0.15) is 28.4 Å². The van der Waals surface area contributed by atoms with Crippen molar-refractivity contribution in [1.82, 2.24) is 10.6 Å². The molecular formula is C20H24N2O2. The fraction of sp³-hybridized carbons (Fsp3) is 0.350. The molecule has 1 aliphatic rings. The molecule has 0 aromatic heterocycles. The summed E-state index contributed by atoms with van der Waals surface area (Å²) < 4.78 is 0. The second-order valence-electron chi connectivity index (χ2n) is 6.64. The Hall–Kier alpha value is -2.33. The predicted molar refractivity (Wildman–Crippen MR) is 95.2 cm³/mol. The van der Waals surface area contributed by atoms with Crippen LogP contribution in [-0.4, -0.2) is 30.1 Å². The molecule has 3 N–H and O–H groups in total. The lowest BCUT2D eigenvalue weighted by Crippen LogP contribution is -2.37. The first-order chi connectivity index (χ1) is 11.6. The zero-order valence-corrected chi connectivity index (χ0v) is 14.0. The average Bonchev–Trinajstić information content (AvgIpc) is 3.01. The molecule has 2 aromatic carbocycles. The van der Waals surface area contributed by atoms with Crippen molar-refractivity contribution in [3.63, 3.8) is 0 Å². The van der Waals surface area contributed by atoms with Crippen molar-refractivity contribution in [3.05, 3.63) is 65.2 Å². The van der Waals surface area contributed by atoms with Crippen LogP contribution in [-0.2, 0) is 12.8 Å². The topological polar surface area (TPSA) is 61.4 Å². The van der Waals surface area contributed by atoms with E-state index in [1.807, 2.05) is 0 Å². The highest BCUT2D eigenvalue weighted by Crippen LogP contribution is 2.21. The third-order valence-corrected chi connectivity index (χ3v) is 4.55. The third-order valence-electron chi connectivity index (χ3n) is 4.55. The molecule has 4 heteroatoms. The maximum Gasteiger partial charge on any atom is 0.251 e.